The van der Waals surface area contributed by atoms with Crippen LogP contribution >= 0.6 is 12.2 Å². The summed E-state index contributed by atoms with van der Waals surface area (Å²) in [6.07, 6.45) is 0. The van der Waals surface area contributed by atoms with E-state index in [0.29, 0.717) is 11.7 Å². The highest BCUT2D eigenvalue weighted by Crippen LogP contribution is 2.25. The molecule has 0 heterocycles. The van der Waals surface area contributed by atoms with Crippen LogP contribution in [0.3, 0.4) is 0 Å². The summed E-state index contributed by atoms with van der Waals surface area (Å²) in [4.78, 5) is 0. The fraction of sp³-hybridized carbons (Fsp3) is 0.0952. The van der Waals surface area contributed by atoms with Gasteiger partial charge >= 0.3 is 0 Å². The number of hydrogen-bond donors (Lipinski definition) is 2. The summed E-state index contributed by atoms with van der Waals surface area (Å²) in [5.74, 6) is 2.34. The summed E-state index contributed by atoms with van der Waals surface area (Å²) in [6, 6.07) is 25.0. The van der Waals surface area contributed by atoms with Gasteiger partial charge in [-0.05, 0) is 67.7 Å². The molecule has 3 aromatic rings. The van der Waals surface area contributed by atoms with Gasteiger partial charge in [0.1, 0.15) is 17.2 Å². The van der Waals surface area contributed by atoms with Crippen LogP contribution in [0.25, 0.3) is 0 Å². The maximum atomic E-state index is 5.78. The highest BCUT2D eigenvalue weighted by molar-refractivity contribution is 7.80. The fourth-order valence-corrected chi connectivity index (χ4v) is 2.59. The van der Waals surface area contributed by atoms with Gasteiger partial charge < -0.3 is 20.1 Å². The molecule has 0 radical (unpaired) electrons. The molecule has 0 saturated heterocycles. The summed E-state index contributed by atoms with van der Waals surface area (Å²) in [5.41, 5.74) is 1.70. The summed E-state index contributed by atoms with van der Waals surface area (Å²) >= 11 is 5.39. The quantitative estimate of drug-likeness (QED) is 0.550. The van der Waals surface area contributed by atoms with Crippen molar-refractivity contribution in [3.05, 3.63) is 78.9 Å². The number of nitrogens with one attached hydrogen (secondary N) is 2. The Morgan fingerprint density at radius 2 is 1.46 bits per heavy atom. The molecule has 0 aliphatic rings. The maximum Gasteiger partial charge on any atom is 0.175 e. The third-order valence-electron chi connectivity index (χ3n) is 3.53. The average Bonchev–Trinajstić information content (AvgIpc) is 2.66. The first-order valence-electron chi connectivity index (χ1n) is 8.37. The van der Waals surface area contributed by atoms with Gasteiger partial charge in [0.2, 0.25) is 0 Å². The molecule has 2 N–H and O–H groups in total. The van der Waals surface area contributed by atoms with Crippen molar-refractivity contribution in [3.63, 3.8) is 0 Å². The van der Waals surface area contributed by atoms with E-state index in [-0.39, 0.29) is 0 Å². The predicted molar refractivity (Wildman–Crippen MR) is 110 cm³/mol. The first-order chi connectivity index (χ1) is 12.7. The van der Waals surface area contributed by atoms with Gasteiger partial charge in [0.05, 0.1) is 12.3 Å². The molecular formula is C21H20N2O2S. The zero-order valence-corrected chi connectivity index (χ0v) is 15.3. The predicted octanol–water partition coefficient (Wildman–Crippen LogP) is 5.69. The first kappa shape index (κ1) is 17.8. The van der Waals surface area contributed by atoms with Crippen LogP contribution < -0.4 is 20.1 Å². The summed E-state index contributed by atoms with van der Waals surface area (Å²) in [7, 11) is 0. The van der Waals surface area contributed by atoms with Crippen molar-refractivity contribution in [1.82, 2.24) is 0 Å². The van der Waals surface area contributed by atoms with Crippen molar-refractivity contribution >= 4 is 28.7 Å². The molecule has 5 heteroatoms. The van der Waals surface area contributed by atoms with Crippen LogP contribution in [-0.2, 0) is 0 Å². The van der Waals surface area contributed by atoms with E-state index in [1.165, 1.54) is 0 Å². The van der Waals surface area contributed by atoms with Crippen LogP contribution in [0.5, 0.6) is 17.2 Å². The van der Waals surface area contributed by atoms with E-state index in [4.69, 9.17) is 21.7 Å². The Hall–Kier alpha value is -3.05. The second-order valence-electron chi connectivity index (χ2n) is 5.45. The van der Waals surface area contributed by atoms with E-state index in [1.807, 2.05) is 85.8 Å². The second kappa shape index (κ2) is 8.87. The highest BCUT2D eigenvalue weighted by Gasteiger charge is 2.05. The average molecular weight is 364 g/mol. The van der Waals surface area contributed by atoms with Crippen molar-refractivity contribution in [1.29, 1.82) is 0 Å². The van der Waals surface area contributed by atoms with Crippen LogP contribution in [0.15, 0.2) is 78.9 Å². The van der Waals surface area contributed by atoms with E-state index in [2.05, 4.69) is 10.6 Å². The van der Waals surface area contributed by atoms with Crippen LogP contribution in [0, 0.1) is 0 Å². The lowest BCUT2D eigenvalue weighted by atomic mass is 10.3. The SMILES string of the molecule is CCOc1ccccc1NC(=S)Nc1ccc(Oc2ccccc2)cc1. The minimum atomic E-state index is 0.494. The molecular weight excluding hydrogens is 344 g/mol. The second-order valence-corrected chi connectivity index (χ2v) is 5.86. The van der Waals surface area contributed by atoms with Gasteiger partial charge in [0.15, 0.2) is 5.11 Å². The highest BCUT2D eigenvalue weighted by atomic mass is 32.1. The number of thiocarbonyl (C=S) groups is 1. The van der Waals surface area contributed by atoms with E-state index >= 15 is 0 Å². The Morgan fingerprint density at radius 3 is 2.19 bits per heavy atom. The summed E-state index contributed by atoms with van der Waals surface area (Å²) < 4.78 is 11.4. The normalized spacial score (nSPS) is 10.0. The lowest BCUT2D eigenvalue weighted by Gasteiger charge is -2.14. The Balaban J connectivity index is 1.59. The van der Waals surface area contributed by atoms with Crippen molar-refractivity contribution in [2.75, 3.05) is 17.2 Å². The Labute approximate surface area is 158 Å². The zero-order chi connectivity index (χ0) is 18.2. The van der Waals surface area contributed by atoms with Gasteiger partial charge in [-0.25, -0.2) is 0 Å². The molecule has 132 valence electrons. The van der Waals surface area contributed by atoms with Crippen LogP contribution in [0.1, 0.15) is 6.92 Å². The zero-order valence-electron chi connectivity index (χ0n) is 14.4. The minimum absolute atomic E-state index is 0.494. The number of para-hydroxylation sites is 3. The van der Waals surface area contributed by atoms with E-state index in [1.54, 1.807) is 0 Å². The fourth-order valence-electron chi connectivity index (χ4n) is 2.37. The van der Waals surface area contributed by atoms with Crippen LogP contribution in [0.2, 0.25) is 0 Å². The monoisotopic (exact) mass is 364 g/mol. The Kier molecular flexibility index (Phi) is 6.06. The Morgan fingerprint density at radius 1 is 0.808 bits per heavy atom. The molecule has 3 rings (SSSR count). The van der Waals surface area contributed by atoms with Crippen molar-refractivity contribution in [2.45, 2.75) is 6.92 Å². The van der Waals surface area contributed by atoms with Crippen molar-refractivity contribution in [3.8, 4) is 17.2 Å². The lowest BCUT2D eigenvalue weighted by molar-refractivity contribution is 0.342. The molecule has 4 nitrogen and oxygen atoms in total. The molecule has 0 fully saturated rings. The summed E-state index contributed by atoms with van der Waals surface area (Å²) in [5, 5.41) is 6.82. The molecule has 3 aromatic carbocycles. The van der Waals surface area contributed by atoms with Crippen molar-refractivity contribution in [2.24, 2.45) is 0 Å². The standard InChI is InChI=1S/C21H20N2O2S/c1-2-24-20-11-7-6-10-19(20)23-21(26)22-16-12-14-18(15-13-16)25-17-8-4-3-5-9-17/h3-15H,2H2,1H3,(H2,22,23,26). The largest absolute Gasteiger partial charge is 0.492 e. The molecule has 0 atom stereocenters. The van der Waals surface area contributed by atoms with Crippen molar-refractivity contribution < 1.29 is 9.47 Å². The molecule has 0 unspecified atom stereocenters. The van der Waals surface area contributed by atoms with E-state index in [0.717, 1.165) is 28.6 Å². The molecule has 0 saturated carbocycles. The Bertz CT molecular complexity index is 851. The smallest absolute Gasteiger partial charge is 0.175 e. The van der Waals surface area contributed by atoms with Gasteiger partial charge in [-0.1, -0.05) is 30.3 Å². The van der Waals surface area contributed by atoms with E-state index in [9.17, 15) is 0 Å². The molecule has 0 bridgehead atoms. The molecule has 26 heavy (non-hydrogen) atoms. The topological polar surface area (TPSA) is 42.5 Å². The molecule has 0 aliphatic heterocycles. The van der Waals surface area contributed by atoms with Gasteiger partial charge in [-0.3, -0.25) is 0 Å². The first-order valence-corrected chi connectivity index (χ1v) is 8.78. The van der Waals surface area contributed by atoms with E-state index < -0.39 is 0 Å². The molecule has 0 spiro atoms. The van der Waals surface area contributed by atoms with Crippen LogP contribution in [0.4, 0.5) is 11.4 Å². The van der Waals surface area contributed by atoms with Gasteiger partial charge in [0, 0.05) is 5.69 Å². The molecule has 0 aromatic heterocycles. The maximum absolute atomic E-state index is 5.78. The number of benzene rings is 3. The molecule has 0 amide bonds. The lowest BCUT2D eigenvalue weighted by Crippen LogP contribution is -2.19. The summed E-state index contributed by atoms with van der Waals surface area (Å²) in [6.45, 7) is 2.55. The van der Waals surface area contributed by atoms with Gasteiger partial charge in [0.25, 0.3) is 0 Å². The number of hydrogen-bond acceptors (Lipinski definition) is 3. The number of anilines is 2. The third-order valence-corrected chi connectivity index (χ3v) is 3.73. The number of ether oxygens (including phenoxy) is 2. The minimum Gasteiger partial charge on any atom is -0.492 e. The van der Waals surface area contributed by atoms with Gasteiger partial charge in [-0.15, -0.1) is 0 Å². The molecule has 0 aliphatic carbocycles. The van der Waals surface area contributed by atoms with Gasteiger partial charge in [-0.2, -0.15) is 0 Å². The third kappa shape index (κ3) is 4.97. The number of rotatable bonds is 6. The van der Waals surface area contributed by atoms with Crippen LogP contribution in [-0.4, -0.2) is 11.7 Å².